The molecule has 3 aromatic rings. The van der Waals surface area contributed by atoms with Gasteiger partial charge in [-0.15, -0.1) is 0 Å². The van der Waals surface area contributed by atoms with Gasteiger partial charge in [0.15, 0.2) is 0 Å². The number of nitriles is 1. The van der Waals surface area contributed by atoms with E-state index in [1.165, 1.54) is 19.4 Å². The van der Waals surface area contributed by atoms with Crippen molar-refractivity contribution in [3.63, 3.8) is 0 Å². The predicted molar refractivity (Wildman–Crippen MR) is 122 cm³/mol. The second-order valence-corrected chi connectivity index (χ2v) is 7.48. The first-order chi connectivity index (χ1) is 14.0. The van der Waals surface area contributed by atoms with Gasteiger partial charge in [-0.2, -0.15) is 5.26 Å². The third-order valence-corrected chi connectivity index (χ3v) is 4.86. The van der Waals surface area contributed by atoms with Crippen molar-refractivity contribution >= 4 is 65.7 Å². The summed E-state index contributed by atoms with van der Waals surface area (Å²) in [6.07, 6.45) is 4.64. The summed E-state index contributed by atoms with van der Waals surface area (Å²) in [5.41, 5.74) is 2.88. The number of pyridine rings is 1. The molecule has 0 spiro atoms. The number of aromatic nitrogens is 1. The number of ether oxygens (including phenoxy) is 1. The zero-order chi connectivity index (χ0) is 20.8. The van der Waals surface area contributed by atoms with Crippen molar-refractivity contribution in [3.8, 4) is 11.8 Å². The number of carbonyl (C=O) groups is 1. The Morgan fingerprint density at radius 3 is 2.83 bits per heavy atom. The molecule has 29 heavy (non-hydrogen) atoms. The Morgan fingerprint density at radius 1 is 1.31 bits per heavy atom. The highest BCUT2D eigenvalue weighted by atomic mass is 79.9. The second-order valence-electron chi connectivity index (χ2n) is 5.91. The zero-order valence-corrected chi connectivity index (χ0v) is 18.5. The molecule has 0 atom stereocenters. The van der Waals surface area contributed by atoms with Crippen molar-refractivity contribution in [2.45, 2.75) is 0 Å². The van der Waals surface area contributed by atoms with Gasteiger partial charge in [-0.1, -0.05) is 44.0 Å². The SMILES string of the molecule is COc1cc(NC(=O)C=CCBr)cc2c(Nc3cccc(Br)c3)c(C#N)cnc12. The van der Waals surface area contributed by atoms with Crippen LogP contribution in [0, 0.1) is 11.3 Å². The van der Waals surface area contributed by atoms with E-state index in [0.717, 1.165) is 10.2 Å². The molecule has 146 valence electrons. The van der Waals surface area contributed by atoms with Gasteiger partial charge in [-0.3, -0.25) is 9.78 Å². The highest BCUT2D eigenvalue weighted by molar-refractivity contribution is 9.10. The molecule has 6 nitrogen and oxygen atoms in total. The van der Waals surface area contributed by atoms with E-state index in [4.69, 9.17) is 4.74 Å². The number of nitrogens with zero attached hydrogens (tertiary/aromatic N) is 2. The fraction of sp³-hybridized carbons (Fsp3) is 0.0952. The van der Waals surface area contributed by atoms with Gasteiger partial charge in [0.25, 0.3) is 0 Å². The predicted octanol–water partition coefficient (Wildman–Crippen LogP) is 5.51. The topological polar surface area (TPSA) is 87.0 Å². The number of hydrogen-bond acceptors (Lipinski definition) is 5. The van der Waals surface area contributed by atoms with Crippen molar-refractivity contribution in [1.82, 2.24) is 4.98 Å². The second kappa shape index (κ2) is 9.54. The number of nitrogens with one attached hydrogen (secondary N) is 2. The number of halogens is 2. The monoisotopic (exact) mass is 514 g/mol. The van der Waals surface area contributed by atoms with Crippen LogP contribution in [0.15, 0.2) is 59.2 Å². The maximum atomic E-state index is 12.1. The number of fused-ring (bicyclic) bond motifs is 1. The molecule has 0 fully saturated rings. The molecule has 0 aliphatic carbocycles. The molecular weight excluding hydrogens is 500 g/mol. The van der Waals surface area contributed by atoms with E-state index < -0.39 is 0 Å². The van der Waals surface area contributed by atoms with E-state index in [0.29, 0.717) is 38.9 Å². The van der Waals surface area contributed by atoms with Crippen LogP contribution >= 0.6 is 31.9 Å². The quantitative estimate of drug-likeness (QED) is 0.334. The summed E-state index contributed by atoms with van der Waals surface area (Å²) in [6.45, 7) is 0. The minimum Gasteiger partial charge on any atom is -0.494 e. The summed E-state index contributed by atoms with van der Waals surface area (Å²) in [5.74, 6) is 0.223. The normalized spacial score (nSPS) is 10.7. The lowest BCUT2D eigenvalue weighted by Gasteiger charge is -2.15. The van der Waals surface area contributed by atoms with Crippen molar-refractivity contribution in [3.05, 3.63) is 64.8 Å². The van der Waals surface area contributed by atoms with Gasteiger partial charge in [-0.05, 0) is 24.3 Å². The first-order valence-electron chi connectivity index (χ1n) is 8.52. The Bertz CT molecular complexity index is 1140. The zero-order valence-electron chi connectivity index (χ0n) is 15.4. The maximum absolute atomic E-state index is 12.1. The number of alkyl halides is 1. The van der Waals surface area contributed by atoms with Crippen LogP contribution in [-0.4, -0.2) is 23.3 Å². The van der Waals surface area contributed by atoms with Crippen LogP contribution < -0.4 is 15.4 Å². The van der Waals surface area contributed by atoms with Crippen LogP contribution in [0.25, 0.3) is 10.9 Å². The fourth-order valence-corrected chi connectivity index (χ4v) is 3.35. The average molecular weight is 516 g/mol. The lowest BCUT2D eigenvalue weighted by atomic mass is 10.1. The van der Waals surface area contributed by atoms with Crippen molar-refractivity contribution < 1.29 is 9.53 Å². The number of amides is 1. The van der Waals surface area contributed by atoms with E-state index in [1.807, 2.05) is 24.3 Å². The largest absolute Gasteiger partial charge is 0.494 e. The van der Waals surface area contributed by atoms with Crippen LogP contribution in [0.5, 0.6) is 5.75 Å². The minimum absolute atomic E-state index is 0.267. The third kappa shape index (κ3) is 4.94. The molecule has 0 bridgehead atoms. The molecule has 0 saturated carbocycles. The Balaban J connectivity index is 2.14. The van der Waals surface area contributed by atoms with E-state index in [-0.39, 0.29) is 5.91 Å². The summed E-state index contributed by atoms with van der Waals surface area (Å²) in [5, 5.41) is 16.9. The summed E-state index contributed by atoms with van der Waals surface area (Å²) in [7, 11) is 1.53. The molecule has 3 rings (SSSR count). The smallest absolute Gasteiger partial charge is 0.248 e. The number of carbonyl (C=O) groups excluding carboxylic acids is 1. The molecule has 0 radical (unpaired) electrons. The molecule has 2 N–H and O–H groups in total. The fourth-order valence-electron chi connectivity index (χ4n) is 2.76. The number of rotatable bonds is 6. The molecule has 0 aliphatic heterocycles. The van der Waals surface area contributed by atoms with Gasteiger partial charge < -0.3 is 15.4 Å². The molecule has 1 amide bonds. The Hall–Kier alpha value is -2.89. The van der Waals surface area contributed by atoms with Crippen molar-refractivity contribution in [2.24, 2.45) is 0 Å². The number of allylic oxidation sites excluding steroid dienone is 1. The van der Waals surface area contributed by atoms with E-state index in [2.05, 4.69) is 53.5 Å². The van der Waals surface area contributed by atoms with E-state index in [1.54, 1.807) is 18.2 Å². The highest BCUT2D eigenvalue weighted by Crippen LogP contribution is 2.36. The van der Waals surface area contributed by atoms with Crippen LogP contribution in [-0.2, 0) is 4.79 Å². The van der Waals surface area contributed by atoms with E-state index in [9.17, 15) is 10.1 Å². The molecule has 0 unspecified atom stereocenters. The molecule has 8 heteroatoms. The standard InChI is InChI=1S/C21H16Br2N4O2/c1-29-18-10-16(26-19(28)6-3-7-22)9-17-20(13(11-24)12-25-21(17)18)27-15-5-2-4-14(23)8-15/h2-6,8-10,12H,7H2,1H3,(H,25,27)(H,26,28). The Kier molecular flexibility index (Phi) is 6.86. The molecule has 1 aromatic heterocycles. The Labute approximate surface area is 184 Å². The summed E-state index contributed by atoms with van der Waals surface area (Å²) >= 11 is 6.69. The van der Waals surface area contributed by atoms with Crippen LogP contribution in [0.2, 0.25) is 0 Å². The number of methoxy groups -OCH3 is 1. The maximum Gasteiger partial charge on any atom is 0.248 e. The van der Waals surface area contributed by atoms with Crippen LogP contribution in [0.3, 0.4) is 0 Å². The van der Waals surface area contributed by atoms with Crippen molar-refractivity contribution in [1.29, 1.82) is 5.26 Å². The molecular formula is C21H16Br2N4O2. The van der Waals surface area contributed by atoms with Gasteiger partial charge in [0.1, 0.15) is 17.3 Å². The third-order valence-electron chi connectivity index (χ3n) is 4.00. The van der Waals surface area contributed by atoms with Crippen LogP contribution in [0.4, 0.5) is 17.1 Å². The van der Waals surface area contributed by atoms with Crippen molar-refractivity contribution in [2.75, 3.05) is 23.1 Å². The Morgan fingerprint density at radius 2 is 2.14 bits per heavy atom. The van der Waals surface area contributed by atoms with Crippen LogP contribution in [0.1, 0.15) is 5.56 Å². The number of benzene rings is 2. The number of anilines is 3. The molecule has 2 aromatic carbocycles. The van der Waals surface area contributed by atoms with Gasteiger partial charge in [-0.25, -0.2) is 0 Å². The van der Waals surface area contributed by atoms with Gasteiger partial charge in [0, 0.05) is 44.9 Å². The lowest BCUT2D eigenvalue weighted by Crippen LogP contribution is -2.08. The first kappa shape index (κ1) is 20.8. The van der Waals surface area contributed by atoms with Gasteiger partial charge in [0.05, 0.1) is 18.4 Å². The number of hydrogen-bond donors (Lipinski definition) is 2. The summed E-state index contributed by atoms with van der Waals surface area (Å²) in [6, 6.07) is 13.2. The minimum atomic E-state index is -0.267. The first-order valence-corrected chi connectivity index (χ1v) is 10.4. The average Bonchev–Trinajstić information content (AvgIpc) is 2.72. The molecule has 0 aliphatic rings. The van der Waals surface area contributed by atoms with E-state index >= 15 is 0 Å². The van der Waals surface area contributed by atoms with Gasteiger partial charge in [0.2, 0.25) is 5.91 Å². The summed E-state index contributed by atoms with van der Waals surface area (Å²) < 4.78 is 6.38. The molecule has 1 heterocycles. The van der Waals surface area contributed by atoms with Gasteiger partial charge >= 0.3 is 0 Å². The highest BCUT2D eigenvalue weighted by Gasteiger charge is 2.15. The lowest BCUT2D eigenvalue weighted by molar-refractivity contribution is -0.111. The molecule has 0 saturated heterocycles. The summed E-state index contributed by atoms with van der Waals surface area (Å²) in [4.78, 5) is 16.5.